The molecule has 206 valence electrons. The number of ether oxygens (including phenoxy) is 1. The molecule has 0 fully saturated rings. The molecule has 0 aliphatic rings. The number of rotatable bonds is 22. The molecular weight excluding hydrogens is 432 g/mol. The Bertz CT molecular complexity index is 533. The van der Waals surface area contributed by atoms with Crippen LogP contribution in [0.2, 0.25) is 0 Å². The second-order valence-corrected chi connectivity index (χ2v) is 9.88. The first-order chi connectivity index (χ1) is 16.8. The molecule has 0 saturated carbocycles. The van der Waals surface area contributed by atoms with E-state index in [4.69, 9.17) is 10.5 Å². The summed E-state index contributed by atoms with van der Waals surface area (Å²) >= 11 is 0. The summed E-state index contributed by atoms with van der Waals surface area (Å²) in [5.41, 5.74) is 5.76. The van der Waals surface area contributed by atoms with Crippen LogP contribution in [-0.4, -0.2) is 30.7 Å². The van der Waals surface area contributed by atoms with E-state index in [1.54, 1.807) is 0 Å². The van der Waals surface area contributed by atoms with Gasteiger partial charge < -0.3 is 15.8 Å². The van der Waals surface area contributed by atoms with Crippen molar-refractivity contribution in [1.82, 2.24) is 5.32 Å². The monoisotopic (exact) mass is 492 g/mol. The second kappa shape index (κ2) is 27.2. The van der Waals surface area contributed by atoms with Crippen LogP contribution in [0, 0.1) is 0 Å². The summed E-state index contributed by atoms with van der Waals surface area (Å²) in [6.07, 6.45) is 29.0. The van der Waals surface area contributed by atoms with Gasteiger partial charge in [-0.15, -0.1) is 0 Å². The van der Waals surface area contributed by atoms with Gasteiger partial charge >= 0.3 is 0 Å². The molecule has 1 atom stereocenters. The van der Waals surface area contributed by atoms with Crippen molar-refractivity contribution in [2.45, 2.75) is 143 Å². The number of allylic oxidation sites excluding steroid dienone is 6. The molecule has 0 bridgehead atoms. The van der Waals surface area contributed by atoms with E-state index < -0.39 is 0 Å². The fourth-order valence-electron chi connectivity index (χ4n) is 3.27. The molecule has 4 nitrogen and oxygen atoms in total. The summed E-state index contributed by atoms with van der Waals surface area (Å²) in [6, 6.07) is 0. The lowest BCUT2D eigenvalue weighted by molar-refractivity contribution is -0.121. The van der Waals surface area contributed by atoms with E-state index in [1.165, 1.54) is 44.9 Å². The minimum absolute atomic E-state index is 0.140. The van der Waals surface area contributed by atoms with Crippen LogP contribution < -0.4 is 11.1 Å². The zero-order valence-electron chi connectivity index (χ0n) is 24.2. The Morgan fingerprint density at radius 2 is 1.40 bits per heavy atom. The van der Waals surface area contributed by atoms with Crippen molar-refractivity contribution in [3.05, 3.63) is 36.5 Å². The van der Waals surface area contributed by atoms with Crippen LogP contribution >= 0.6 is 0 Å². The highest BCUT2D eigenvalue weighted by molar-refractivity contribution is 5.75. The number of nitrogens with two attached hydrogens (primary N) is 1. The standard InChI is InChI=1S/C29H54N2O2.C2H6/c1-5-6-7-8-9-10-11-12-13-14-15-16-17-18-19-20-21-22-28(32)31-25-23-27(2)33-26-24-29(3,4)30;1-2/h9-10,12-13,18-19,27H,5-8,11,14-17,20-26,30H2,1-4H3,(H,31,32);1-2H3/b10-9-,13-12-,19-18-;. The Hall–Kier alpha value is -1.39. The van der Waals surface area contributed by atoms with Crippen molar-refractivity contribution in [1.29, 1.82) is 0 Å². The van der Waals surface area contributed by atoms with Crippen LogP contribution in [0.15, 0.2) is 36.5 Å². The number of amides is 1. The Morgan fingerprint density at radius 3 is 1.94 bits per heavy atom. The summed E-state index contributed by atoms with van der Waals surface area (Å²) in [5, 5.41) is 3.00. The average molecular weight is 493 g/mol. The van der Waals surface area contributed by atoms with Gasteiger partial charge in [-0.25, -0.2) is 0 Å². The highest BCUT2D eigenvalue weighted by Gasteiger charge is 2.11. The second-order valence-electron chi connectivity index (χ2n) is 9.88. The fourth-order valence-corrected chi connectivity index (χ4v) is 3.27. The lowest BCUT2D eigenvalue weighted by Crippen LogP contribution is -2.34. The molecule has 1 amide bonds. The Kier molecular flexibility index (Phi) is 27.8. The fraction of sp³-hybridized carbons (Fsp3) is 0.774. The predicted octanol–water partition coefficient (Wildman–Crippen LogP) is 8.42. The van der Waals surface area contributed by atoms with Crippen LogP contribution in [0.3, 0.4) is 0 Å². The zero-order chi connectivity index (χ0) is 26.6. The molecule has 0 aromatic heterocycles. The lowest BCUT2D eigenvalue weighted by Gasteiger charge is -2.20. The number of unbranched alkanes of at least 4 members (excludes halogenated alkanes) is 7. The highest BCUT2D eigenvalue weighted by atomic mass is 16.5. The van der Waals surface area contributed by atoms with E-state index in [2.05, 4.69) is 48.7 Å². The first-order valence-corrected chi connectivity index (χ1v) is 14.5. The maximum atomic E-state index is 11.9. The number of nitrogens with one attached hydrogen (secondary N) is 1. The van der Waals surface area contributed by atoms with Crippen molar-refractivity contribution in [3.63, 3.8) is 0 Å². The van der Waals surface area contributed by atoms with Crippen molar-refractivity contribution in [2.24, 2.45) is 5.73 Å². The van der Waals surface area contributed by atoms with Gasteiger partial charge in [0.25, 0.3) is 0 Å². The van der Waals surface area contributed by atoms with E-state index in [9.17, 15) is 4.79 Å². The van der Waals surface area contributed by atoms with Crippen molar-refractivity contribution >= 4 is 5.91 Å². The predicted molar refractivity (Wildman–Crippen MR) is 156 cm³/mol. The summed E-state index contributed by atoms with van der Waals surface area (Å²) < 4.78 is 5.75. The quantitative estimate of drug-likeness (QED) is 0.118. The van der Waals surface area contributed by atoms with Gasteiger partial charge in [-0.1, -0.05) is 70.1 Å². The maximum Gasteiger partial charge on any atom is 0.220 e. The smallest absolute Gasteiger partial charge is 0.220 e. The molecule has 1 unspecified atom stereocenters. The molecule has 35 heavy (non-hydrogen) atoms. The molecule has 3 N–H and O–H groups in total. The highest BCUT2D eigenvalue weighted by Crippen LogP contribution is 2.07. The zero-order valence-corrected chi connectivity index (χ0v) is 24.2. The van der Waals surface area contributed by atoms with Gasteiger partial charge in [0.05, 0.1) is 6.10 Å². The normalized spacial score (nSPS) is 12.9. The van der Waals surface area contributed by atoms with Gasteiger partial charge in [0.2, 0.25) is 5.91 Å². The van der Waals surface area contributed by atoms with Crippen molar-refractivity contribution < 1.29 is 9.53 Å². The minimum Gasteiger partial charge on any atom is -0.378 e. The van der Waals surface area contributed by atoms with Crippen LogP contribution in [0.5, 0.6) is 0 Å². The van der Waals surface area contributed by atoms with Crippen LogP contribution in [0.4, 0.5) is 0 Å². The molecule has 0 rings (SSSR count). The Morgan fingerprint density at radius 1 is 0.886 bits per heavy atom. The third-order valence-corrected chi connectivity index (χ3v) is 5.53. The van der Waals surface area contributed by atoms with E-state index in [0.717, 1.165) is 38.5 Å². The van der Waals surface area contributed by atoms with Crippen LogP contribution in [-0.2, 0) is 9.53 Å². The lowest BCUT2D eigenvalue weighted by atomic mass is 10.0. The SMILES string of the molecule is CC.CCCCC/C=C\C/C=C\CCCC/C=C\CCCC(=O)NCCC(C)OCCC(C)(C)N. The van der Waals surface area contributed by atoms with Crippen molar-refractivity contribution in [2.75, 3.05) is 13.2 Å². The molecule has 0 radical (unpaired) electrons. The number of carbonyl (C=O) groups is 1. The van der Waals surface area contributed by atoms with Gasteiger partial charge in [0, 0.05) is 25.1 Å². The Labute approximate surface area is 219 Å². The largest absolute Gasteiger partial charge is 0.378 e. The molecule has 0 aromatic rings. The number of hydrogen-bond acceptors (Lipinski definition) is 3. The average Bonchev–Trinajstić information content (AvgIpc) is 2.81. The maximum absolute atomic E-state index is 11.9. The summed E-state index contributed by atoms with van der Waals surface area (Å²) in [7, 11) is 0. The number of carbonyl (C=O) groups excluding carboxylic acids is 1. The topological polar surface area (TPSA) is 64.3 Å². The molecule has 0 aromatic carbocycles. The van der Waals surface area contributed by atoms with Crippen LogP contribution in [0.1, 0.15) is 131 Å². The van der Waals surface area contributed by atoms with Gasteiger partial charge in [-0.2, -0.15) is 0 Å². The molecular formula is C31H60N2O2. The minimum atomic E-state index is -0.190. The molecule has 4 heteroatoms. The van der Waals surface area contributed by atoms with E-state index in [1.807, 2.05) is 34.6 Å². The Balaban J connectivity index is 0. The van der Waals surface area contributed by atoms with Crippen molar-refractivity contribution in [3.8, 4) is 0 Å². The molecule has 0 spiro atoms. The van der Waals surface area contributed by atoms with E-state index in [0.29, 0.717) is 19.6 Å². The molecule has 0 aliphatic heterocycles. The first-order valence-electron chi connectivity index (χ1n) is 14.5. The van der Waals surface area contributed by atoms with Gasteiger partial charge in [-0.05, 0) is 91.4 Å². The van der Waals surface area contributed by atoms with Crippen LogP contribution in [0.25, 0.3) is 0 Å². The summed E-state index contributed by atoms with van der Waals surface area (Å²) in [5.74, 6) is 0.140. The van der Waals surface area contributed by atoms with Gasteiger partial charge in [0.15, 0.2) is 0 Å². The van der Waals surface area contributed by atoms with Gasteiger partial charge in [-0.3, -0.25) is 4.79 Å². The summed E-state index contributed by atoms with van der Waals surface area (Å²) in [4.78, 5) is 11.9. The van der Waals surface area contributed by atoms with Gasteiger partial charge in [0.1, 0.15) is 0 Å². The third kappa shape index (κ3) is 32.6. The molecule has 0 saturated heterocycles. The third-order valence-electron chi connectivity index (χ3n) is 5.53. The first kappa shape index (κ1) is 35.8. The summed E-state index contributed by atoms with van der Waals surface area (Å²) in [6.45, 7) is 13.6. The molecule has 0 aliphatic carbocycles. The van der Waals surface area contributed by atoms with E-state index in [-0.39, 0.29) is 17.6 Å². The number of hydrogen-bond donors (Lipinski definition) is 2. The molecule has 0 heterocycles. The van der Waals surface area contributed by atoms with E-state index >= 15 is 0 Å².